The average Bonchev–Trinajstić information content (AvgIpc) is 3.85. The van der Waals surface area contributed by atoms with Crippen molar-refractivity contribution in [2.45, 2.75) is 0 Å². The van der Waals surface area contributed by atoms with Crippen molar-refractivity contribution in [1.29, 1.82) is 0 Å². The van der Waals surface area contributed by atoms with Gasteiger partial charge in [-0.2, -0.15) is 0 Å². The molecule has 3 heterocycles. The maximum atomic E-state index is 6.46. The molecule has 0 saturated carbocycles. The van der Waals surface area contributed by atoms with Crippen molar-refractivity contribution in [3.8, 4) is 5.69 Å². The van der Waals surface area contributed by atoms with Crippen LogP contribution in [0.15, 0.2) is 179 Å². The van der Waals surface area contributed by atoms with Crippen molar-refractivity contribution < 1.29 is 8.83 Å². The highest BCUT2D eigenvalue weighted by molar-refractivity contribution is 6.22. The van der Waals surface area contributed by atoms with E-state index in [-0.39, 0.29) is 0 Å². The average molecular weight is 641 g/mol. The molecule has 8 aromatic carbocycles. The van der Waals surface area contributed by atoms with Crippen molar-refractivity contribution >= 4 is 93.5 Å². The van der Waals surface area contributed by atoms with Gasteiger partial charge < -0.3 is 18.3 Å². The summed E-state index contributed by atoms with van der Waals surface area (Å²) < 4.78 is 15.2. The molecule has 0 amide bonds. The number of furan rings is 2. The largest absolute Gasteiger partial charge is 0.456 e. The minimum Gasteiger partial charge on any atom is -0.456 e. The van der Waals surface area contributed by atoms with E-state index in [1.807, 2.05) is 18.2 Å². The monoisotopic (exact) mass is 640 g/mol. The molecule has 0 aliphatic carbocycles. The van der Waals surface area contributed by atoms with Crippen LogP contribution >= 0.6 is 0 Å². The van der Waals surface area contributed by atoms with E-state index in [9.17, 15) is 0 Å². The zero-order valence-corrected chi connectivity index (χ0v) is 26.9. The molecule has 0 aliphatic heterocycles. The van der Waals surface area contributed by atoms with E-state index < -0.39 is 0 Å². The third-order valence-corrected chi connectivity index (χ3v) is 10.2. The van der Waals surface area contributed by atoms with Crippen LogP contribution < -0.4 is 4.90 Å². The lowest BCUT2D eigenvalue weighted by Crippen LogP contribution is -2.11. The predicted octanol–water partition coefficient (Wildman–Crippen LogP) is 13.2. The van der Waals surface area contributed by atoms with Gasteiger partial charge in [0.2, 0.25) is 0 Å². The van der Waals surface area contributed by atoms with Crippen LogP contribution in [0.3, 0.4) is 0 Å². The summed E-state index contributed by atoms with van der Waals surface area (Å²) in [5.74, 6) is 0. The van der Waals surface area contributed by atoms with E-state index in [4.69, 9.17) is 8.83 Å². The first kappa shape index (κ1) is 27.2. The van der Waals surface area contributed by atoms with Gasteiger partial charge in [-0.05, 0) is 83.6 Å². The lowest BCUT2D eigenvalue weighted by Gasteiger charge is -2.27. The number of hydrogen-bond donors (Lipinski definition) is 0. The van der Waals surface area contributed by atoms with E-state index in [2.05, 4.69) is 161 Å². The van der Waals surface area contributed by atoms with Gasteiger partial charge >= 0.3 is 0 Å². The fourth-order valence-corrected chi connectivity index (χ4v) is 8.06. The zero-order valence-electron chi connectivity index (χ0n) is 26.9. The van der Waals surface area contributed by atoms with Crippen molar-refractivity contribution in [3.63, 3.8) is 0 Å². The molecule has 0 N–H and O–H groups in total. The Labute approximate surface area is 286 Å². The molecule has 50 heavy (non-hydrogen) atoms. The molecular weight excluding hydrogens is 613 g/mol. The summed E-state index contributed by atoms with van der Waals surface area (Å²) in [6.07, 6.45) is 0. The Balaban J connectivity index is 1.29. The maximum absolute atomic E-state index is 6.46. The highest BCUT2D eigenvalue weighted by Gasteiger charge is 2.24. The minimum atomic E-state index is 0.858. The van der Waals surface area contributed by atoms with Gasteiger partial charge in [-0.1, -0.05) is 97.1 Å². The molecule has 0 spiro atoms. The molecule has 0 radical (unpaired) electrons. The van der Waals surface area contributed by atoms with Gasteiger partial charge in [-0.3, -0.25) is 0 Å². The lowest BCUT2D eigenvalue weighted by molar-refractivity contribution is 0.668. The van der Waals surface area contributed by atoms with E-state index in [0.717, 1.165) is 83.0 Å². The topological polar surface area (TPSA) is 34.5 Å². The third kappa shape index (κ3) is 3.81. The van der Waals surface area contributed by atoms with Crippen LogP contribution in [0.4, 0.5) is 17.1 Å². The van der Waals surface area contributed by atoms with Crippen LogP contribution in [0.5, 0.6) is 0 Å². The first-order valence-corrected chi connectivity index (χ1v) is 16.9. The molecule has 11 rings (SSSR count). The summed E-state index contributed by atoms with van der Waals surface area (Å²) >= 11 is 0. The number of hydrogen-bond acceptors (Lipinski definition) is 3. The number of benzene rings is 8. The van der Waals surface area contributed by atoms with Gasteiger partial charge in [-0.25, -0.2) is 0 Å². The van der Waals surface area contributed by atoms with E-state index >= 15 is 0 Å². The first-order valence-electron chi connectivity index (χ1n) is 16.9. The molecule has 0 unspecified atom stereocenters. The van der Waals surface area contributed by atoms with Crippen LogP contribution in [0.2, 0.25) is 0 Å². The Morgan fingerprint density at radius 3 is 1.76 bits per heavy atom. The molecule has 3 aromatic heterocycles. The smallest absolute Gasteiger partial charge is 0.137 e. The van der Waals surface area contributed by atoms with Crippen LogP contribution in [0.25, 0.3) is 82.1 Å². The lowest BCUT2D eigenvalue weighted by atomic mass is 10.0. The molecule has 11 aromatic rings. The second kappa shape index (κ2) is 10.4. The minimum absolute atomic E-state index is 0.858. The summed E-state index contributed by atoms with van der Waals surface area (Å²) in [6, 6.07) is 60.1. The zero-order chi connectivity index (χ0) is 32.8. The van der Waals surface area contributed by atoms with Crippen LogP contribution in [0.1, 0.15) is 0 Å². The van der Waals surface area contributed by atoms with Gasteiger partial charge in [-0.15, -0.1) is 0 Å². The Bertz CT molecular complexity index is 3110. The van der Waals surface area contributed by atoms with Crippen LogP contribution in [-0.2, 0) is 0 Å². The third-order valence-electron chi connectivity index (χ3n) is 10.2. The van der Waals surface area contributed by atoms with Gasteiger partial charge in [0, 0.05) is 38.3 Å². The van der Waals surface area contributed by atoms with Gasteiger partial charge in [0.25, 0.3) is 0 Å². The molecule has 0 atom stereocenters. The van der Waals surface area contributed by atoms with Gasteiger partial charge in [0.1, 0.15) is 22.3 Å². The van der Waals surface area contributed by atoms with Crippen molar-refractivity contribution in [2.75, 3.05) is 4.90 Å². The number of nitrogens with zero attached hydrogens (tertiary/aromatic N) is 2. The molecule has 4 nitrogen and oxygen atoms in total. The van der Waals surface area contributed by atoms with Crippen molar-refractivity contribution in [3.05, 3.63) is 170 Å². The normalized spacial score (nSPS) is 12.0. The summed E-state index contributed by atoms with van der Waals surface area (Å²) in [6.45, 7) is 0. The quantitative estimate of drug-likeness (QED) is 0.192. The number of para-hydroxylation sites is 4. The Hall–Kier alpha value is -6.78. The van der Waals surface area contributed by atoms with Gasteiger partial charge in [0.15, 0.2) is 0 Å². The van der Waals surface area contributed by atoms with Crippen molar-refractivity contribution in [1.82, 2.24) is 4.57 Å². The fourth-order valence-electron chi connectivity index (χ4n) is 8.06. The van der Waals surface area contributed by atoms with Crippen molar-refractivity contribution in [2.24, 2.45) is 0 Å². The Kier molecular flexibility index (Phi) is 5.63. The first-order chi connectivity index (χ1) is 24.8. The molecule has 0 saturated heterocycles. The predicted molar refractivity (Wildman–Crippen MR) is 208 cm³/mol. The molecule has 0 bridgehead atoms. The summed E-state index contributed by atoms with van der Waals surface area (Å²) in [5, 5.41) is 9.11. The second-order valence-electron chi connectivity index (χ2n) is 12.9. The Morgan fingerprint density at radius 2 is 0.960 bits per heavy atom. The maximum Gasteiger partial charge on any atom is 0.137 e. The molecular formula is C46H28N2O2. The van der Waals surface area contributed by atoms with Gasteiger partial charge in [0.05, 0.1) is 27.8 Å². The highest BCUT2D eigenvalue weighted by atomic mass is 16.3. The highest BCUT2D eigenvalue weighted by Crippen LogP contribution is 2.48. The number of fused-ring (bicyclic) bond motifs is 11. The van der Waals surface area contributed by atoms with Crippen LogP contribution in [0, 0.1) is 0 Å². The fraction of sp³-hybridized carbons (Fsp3) is 0. The Morgan fingerprint density at radius 1 is 0.380 bits per heavy atom. The number of aromatic nitrogens is 1. The summed E-state index contributed by atoms with van der Waals surface area (Å²) in [4.78, 5) is 2.43. The summed E-state index contributed by atoms with van der Waals surface area (Å²) in [5.41, 5.74) is 10.2. The van der Waals surface area contributed by atoms with Crippen LogP contribution in [-0.4, -0.2) is 4.57 Å². The second-order valence-corrected chi connectivity index (χ2v) is 12.9. The summed E-state index contributed by atoms with van der Waals surface area (Å²) in [7, 11) is 0. The molecule has 0 aliphatic rings. The number of rotatable bonds is 4. The standard InChI is InChI=1S/C46H28N2O2/c1-2-12-30(13-3-1)47-36-17-7-4-14-32(36)45-37(47)18-10-19-38(45)48(39-20-11-23-42-46(39)34-16-6-9-22-41(34)49-42)31-26-24-29-25-27-43-44(35(29)28-31)33-15-5-8-21-40(33)50-43/h1-28H. The number of anilines is 3. The van der Waals surface area contributed by atoms with E-state index in [1.165, 1.54) is 16.2 Å². The molecule has 4 heteroatoms. The molecule has 0 fully saturated rings. The SMILES string of the molecule is c1ccc(-n2c3ccccc3c3c(N(c4ccc5ccc6oc7ccccc7c6c5c4)c4cccc5oc6ccccc6c45)cccc32)cc1. The molecule has 234 valence electrons. The van der Waals surface area contributed by atoms with E-state index in [0.29, 0.717) is 0 Å². The van der Waals surface area contributed by atoms with E-state index in [1.54, 1.807) is 0 Å².